The van der Waals surface area contributed by atoms with E-state index in [4.69, 9.17) is 4.74 Å². The van der Waals surface area contributed by atoms with Gasteiger partial charge in [-0.1, -0.05) is 6.42 Å². The molecule has 0 aliphatic heterocycles. The van der Waals surface area contributed by atoms with Gasteiger partial charge in [-0.15, -0.1) is 0 Å². The number of nitrogens with zero attached hydrogens (tertiary/aromatic N) is 1. The Morgan fingerprint density at radius 1 is 1.50 bits per heavy atom. The summed E-state index contributed by atoms with van der Waals surface area (Å²) in [4.78, 5) is 15.7. The molecule has 1 heterocycles. The number of hydrogen-bond acceptors (Lipinski definition) is 3. The van der Waals surface area contributed by atoms with E-state index in [9.17, 15) is 9.90 Å². The van der Waals surface area contributed by atoms with Crippen LogP contribution in [-0.4, -0.2) is 23.2 Å². The van der Waals surface area contributed by atoms with Gasteiger partial charge in [-0.05, 0) is 43.2 Å². The van der Waals surface area contributed by atoms with Gasteiger partial charge in [0.2, 0.25) is 5.88 Å². The van der Waals surface area contributed by atoms with Crippen molar-refractivity contribution in [1.29, 1.82) is 0 Å². The second-order valence-corrected chi connectivity index (χ2v) is 5.34. The molecule has 0 aromatic carbocycles. The molecule has 2 aliphatic carbocycles. The number of methoxy groups -OCH3 is 1. The summed E-state index contributed by atoms with van der Waals surface area (Å²) < 4.78 is 5.23. The van der Waals surface area contributed by atoms with Crippen molar-refractivity contribution < 1.29 is 14.6 Å². The lowest BCUT2D eigenvalue weighted by atomic mass is 9.79. The highest BCUT2D eigenvalue weighted by Gasteiger charge is 2.54. The average molecular weight is 247 g/mol. The Kier molecular flexibility index (Phi) is 2.54. The first-order valence-corrected chi connectivity index (χ1v) is 6.45. The number of aromatic nitrogens is 1. The van der Waals surface area contributed by atoms with Crippen LogP contribution in [0.15, 0.2) is 12.3 Å². The number of aliphatic carboxylic acids is 1. The Morgan fingerprint density at radius 2 is 2.22 bits per heavy atom. The highest BCUT2D eigenvalue weighted by molar-refractivity contribution is 5.85. The van der Waals surface area contributed by atoms with Crippen molar-refractivity contribution in [2.45, 2.75) is 43.4 Å². The lowest BCUT2D eigenvalue weighted by Crippen LogP contribution is -2.22. The number of rotatable bonds is 4. The smallest absolute Gasteiger partial charge is 0.314 e. The molecular weight excluding hydrogens is 230 g/mol. The predicted molar refractivity (Wildman–Crippen MR) is 65.9 cm³/mol. The lowest BCUT2D eigenvalue weighted by Gasteiger charge is -2.26. The lowest BCUT2D eigenvalue weighted by molar-refractivity contribution is -0.140. The van der Waals surface area contributed by atoms with Gasteiger partial charge < -0.3 is 9.84 Å². The van der Waals surface area contributed by atoms with E-state index >= 15 is 0 Å². The van der Waals surface area contributed by atoms with E-state index in [1.165, 1.54) is 24.8 Å². The first-order chi connectivity index (χ1) is 8.67. The van der Waals surface area contributed by atoms with E-state index in [-0.39, 0.29) is 0 Å². The molecule has 0 bridgehead atoms. The quantitative estimate of drug-likeness (QED) is 0.888. The third kappa shape index (κ3) is 1.59. The van der Waals surface area contributed by atoms with Crippen LogP contribution in [-0.2, 0) is 10.2 Å². The SMILES string of the molecule is COc1ncc(C2CCC2)cc1C1(C(=O)O)CC1. The molecule has 18 heavy (non-hydrogen) atoms. The molecule has 1 aromatic heterocycles. The Balaban J connectivity index is 2.02. The van der Waals surface area contributed by atoms with Gasteiger partial charge in [0, 0.05) is 11.8 Å². The van der Waals surface area contributed by atoms with Gasteiger partial charge in [-0.2, -0.15) is 0 Å². The second-order valence-electron chi connectivity index (χ2n) is 5.34. The third-order valence-corrected chi connectivity index (χ3v) is 4.32. The van der Waals surface area contributed by atoms with Crippen LogP contribution in [0.3, 0.4) is 0 Å². The van der Waals surface area contributed by atoms with Gasteiger partial charge in [0.25, 0.3) is 0 Å². The highest BCUT2D eigenvalue weighted by Crippen LogP contribution is 2.52. The summed E-state index contributed by atoms with van der Waals surface area (Å²) in [6.07, 6.45) is 6.85. The van der Waals surface area contributed by atoms with E-state index < -0.39 is 11.4 Å². The number of carboxylic acid groups (broad SMARTS) is 1. The minimum atomic E-state index is -0.756. The summed E-state index contributed by atoms with van der Waals surface area (Å²) in [7, 11) is 1.55. The van der Waals surface area contributed by atoms with Crippen molar-refractivity contribution in [1.82, 2.24) is 4.98 Å². The Hall–Kier alpha value is -1.58. The van der Waals surface area contributed by atoms with Gasteiger partial charge in [-0.3, -0.25) is 4.79 Å². The molecule has 96 valence electrons. The van der Waals surface area contributed by atoms with Gasteiger partial charge in [0.05, 0.1) is 12.5 Å². The third-order valence-electron chi connectivity index (χ3n) is 4.32. The van der Waals surface area contributed by atoms with E-state index in [0.29, 0.717) is 24.6 Å². The molecule has 3 rings (SSSR count). The number of pyridine rings is 1. The number of ether oxygens (including phenoxy) is 1. The van der Waals surface area contributed by atoms with Crippen LogP contribution < -0.4 is 4.74 Å². The van der Waals surface area contributed by atoms with Crippen LogP contribution >= 0.6 is 0 Å². The van der Waals surface area contributed by atoms with Crippen molar-refractivity contribution >= 4 is 5.97 Å². The molecule has 0 amide bonds. The number of hydrogen-bond donors (Lipinski definition) is 1. The maximum Gasteiger partial charge on any atom is 0.314 e. The van der Waals surface area contributed by atoms with Crippen molar-refractivity contribution in [2.75, 3.05) is 7.11 Å². The van der Waals surface area contributed by atoms with Gasteiger partial charge in [0.1, 0.15) is 0 Å². The Labute approximate surface area is 106 Å². The van der Waals surface area contributed by atoms with E-state index in [1.54, 1.807) is 7.11 Å². The van der Waals surface area contributed by atoms with E-state index in [1.807, 2.05) is 12.3 Å². The largest absolute Gasteiger partial charge is 0.481 e. The molecular formula is C14H17NO3. The minimum absolute atomic E-state index is 0.470. The van der Waals surface area contributed by atoms with Crippen molar-refractivity contribution in [3.05, 3.63) is 23.4 Å². The number of carbonyl (C=O) groups is 1. The standard InChI is InChI=1S/C14H17NO3/c1-18-12-11(14(5-6-14)13(16)17)7-10(8-15-12)9-3-2-4-9/h7-9H,2-6H2,1H3,(H,16,17). The molecule has 0 unspecified atom stereocenters. The zero-order chi connectivity index (χ0) is 12.8. The van der Waals surface area contributed by atoms with Crippen LogP contribution in [0.2, 0.25) is 0 Å². The maximum absolute atomic E-state index is 11.4. The summed E-state index contributed by atoms with van der Waals surface area (Å²) in [5.74, 6) is 0.276. The first kappa shape index (κ1) is 11.5. The molecule has 1 aromatic rings. The average Bonchev–Trinajstić information content (AvgIpc) is 3.07. The molecule has 0 radical (unpaired) electrons. The second kappa shape index (κ2) is 3.97. The molecule has 0 saturated heterocycles. The fraction of sp³-hybridized carbons (Fsp3) is 0.571. The summed E-state index contributed by atoms with van der Waals surface area (Å²) in [6.45, 7) is 0. The number of carboxylic acids is 1. The van der Waals surface area contributed by atoms with Crippen molar-refractivity contribution in [3.63, 3.8) is 0 Å². The van der Waals surface area contributed by atoms with Crippen LogP contribution in [0.4, 0.5) is 0 Å². The predicted octanol–water partition coefficient (Wildman–Crippen LogP) is 2.47. The molecule has 1 N–H and O–H groups in total. The summed E-state index contributed by atoms with van der Waals surface area (Å²) >= 11 is 0. The highest BCUT2D eigenvalue weighted by atomic mass is 16.5. The maximum atomic E-state index is 11.4. The van der Waals surface area contributed by atoms with E-state index in [0.717, 1.165) is 5.56 Å². The monoisotopic (exact) mass is 247 g/mol. The van der Waals surface area contributed by atoms with Gasteiger partial charge >= 0.3 is 5.97 Å². The Morgan fingerprint density at radius 3 is 2.67 bits per heavy atom. The van der Waals surface area contributed by atoms with E-state index in [2.05, 4.69) is 4.98 Å². The van der Waals surface area contributed by atoms with Crippen LogP contribution in [0.25, 0.3) is 0 Å². The topological polar surface area (TPSA) is 59.4 Å². The van der Waals surface area contributed by atoms with Crippen molar-refractivity contribution in [2.24, 2.45) is 0 Å². The zero-order valence-electron chi connectivity index (χ0n) is 10.5. The normalized spacial score (nSPS) is 21.2. The van der Waals surface area contributed by atoms with Gasteiger partial charge in [-0.25, -0.2) is 4.98 Å². The zero-order valence-corrected chi connectivity index (χ0v) is 10.5. The minimum Gasteiger partial charge on any atom is -0.481 e. The summed E-state index contributed by atoms with van der Waals surface area (Å²) in [5, 5.41) is 9.39. The molecule has 0 atom stereocenters. The van der Waals surface area contributed by atoms with Gasteiger partial charge in [0.15, 0.2) is 0 Å². The van der Waals surface area contributed by atoms with Crippen LogP contribution in [0, 0.1) is 0 Å². The first-order valence-electron chi connectivity index (χ1n) is 6.45. The van der Waals surface area contributed by atoms with Crippen LogP contribution in [0.1, 0.15) is 49.1 Å². The molecule has 2 fully saturated rings. The fourth-order valence-corrected chi connectivity index (χ4v) is 2.66. The summed E-state index contributed by atoms with van der Waals surface area (Å²) in [5.41, 5.74) is 1.20. The van der Waals surface area contributed by atoms with Crippen LogP contribution in [0.5, 0.6) is 5.88 Å². The van der Waals surface area contributed by atoms with Crippen molar-refractivity contribution in [3.8, 4) is 5.88 Å². The molecule has 0 spiro atoms. The Bertz CT molecular complexity index is 490. The molecule has 2 saturated carbocycles. The molecule has 4 heteroatoms. The molecule has 4 nitrogen and oxygen atoms in total. The molecule has 2 aliphatic rings. The summed E-state index contributed by atoms with van der Waals surface area (Å²) in [6, 6.07) is 2.01. The fourth-order valence-electron chi connectivity index (χ4n) is 2.66.